The first-order chi connectivity index (χ1) is 20.2. The van der Waals surface area contributed by atoms with Crippen LogP contribution in [0.15, 0.2) is 61.1 Å². The van der Waals surface area contributed by atoms with Crippen LogP contribution in [0.25, 0.3) is 16.9 Å². The summed E-state index contributed by atoms with van der Waals surface area (Å²) in [4.78, 5) is 36.8. The summed E-state index contributed by atoms with van der Waals surface area (Å²) in [7, 11) is 0. The first-order valence-corrected chi connectivity index (χ1v) is 14.1. The lowest BCUT2D eigenvalue weighted by Gasteiger charge is -2.19. The third-order valence-corrected chi connectivity index (χ3v) is 6.03. The van der Waals surface area contributed by atoms with Crippen LogP contribution in [0.4, 0.5) is 16.4 Å². The van der Waals surface area contributed by atoms with Gasteiger partial charge in [-0.1, -0.05) is 12.1 Å². The number of anilines is 2. The Balaban J connectivity index is 1.30. The van der Waals surface area contributed by atoms with Crippen molar-refractivity contribution in [3.05, 3.63) is 66.6 Å². The van der Waals surface area contributed by atoms with Crippen molar-refractivity contribution >= 4 is 34.9 Å². The molecular formula is C31H38N6O5. The van der Waals surface area contributed by atoms with Gasteiger partial charge in [-0.15, -0.1) is 0 Å². The lowest BCUT2D eigenvalue weighted by Crippen LogP contribution is -2.33. The SMILES string of the molecule is CCOC(=O)CCCOc1ccc(-n2cnc3cnc(Nc4ccc(CCCNC(=O)OC(C)(C)C)cc4)nc32)cc1. The molecule has 4 rings (SSSR count). The third-order valence-electron chi connectivity index (χ3n) is 6.03. The number of nitrogens with one attached hydrogen (secondary N) is 2. The number of fused-ring (bicyclic) bond motifs is 1. The van der Waals surface area contributed by atoms with E-state index in [1.54, 1.807) is 19.4 Å². The number of hydrogen-bond acceptors (Lipinski definition) is 9. The number of nitrogens with zero attached hydrogens (tertiary/aromatic N) is 4. The zero-order chi connectivity index (χ0) is 30.0. The Labute approximate surface area is 245 Å². The molecule has 2 aromatic carbocycles. The Hall–Kier alpha value is -4.67. The molecule has 11 nitrogen and oxygen atoms in total. The molecule has 11 heteroatoms. The second kappa shape index (κ2) is 14.3. The molecule has 0 fully saturated rings. The van der Waals surface area contributed by atoms with E-state index in [9.17, 15) is 9.59 Å². The molecule has 0 unspecified atom stereocenters. The van der Waals surface area contributed by atoms with E-state index in [0.29, 0.717) is 55.5 Å². The van der Waals surface area contributed by atoms with Crippen molar-refractivity contribution in [2.45, 2.75) is 59.0 Å². The maximum absolute atomic E-state index is 11.8. The van der Waals surface area contributed by atoms with Gasteiger partial charge in [-0.3, -0.25) is 9.36 Å². The van der Waals surface area contributed by atoms with E-state index in [-0.39, 0.29) is 5.97 Å². The first kappa shape index (κ1) is 30.3. The van der Waals surface area contributed by atoms with Crippen molar-refractivity contribution in [3.63, 3.8) is 0 Å². The number of alkyl carbamates (subject to hydrolysis) is 1. The maximum atomic E-state index is 11.8. The fraction of sp³-hybridized carbons (Fsp3) is 0.387. The lowest BCUT2D eigenvalue weighted by molar-refractivity contribution is -0.143. The number of hydrogen-bond donors (Lipinski definition) is 2. The number of aryl methyl sites for hydroxylation is 1. The van der Waals surface area contributed by atoms with Gasteiger partial charge in [0.15, 0.2) is 5.65 Å². The Morgan fingerprint density at radius 2 is 1.74 bits per heavy atom. The van der Waals surface area contributed by atoms with E-state index >= 15 is 0 Å². The Morgan fingerprint density at radius 1 is 0.976 bits per heavy atom. The van der Waals surface area contributed by atoms with Crippen LogP contribution in [-0.4, -0.2) is 56.9 Å². The molecular weight excluding hydrogens is 536 g/mol. The van der Waals surface area contributed by atoms with Crippen LogP contribution in [0.1, 0.15) is 52.5 Å². The van der Waals surface area contributed by atoms with Crippen molar-refractivity contribution in [1.29, 1.82) is 0 Å². The summed E-state index contributed by atoms with van der Waals surface area (Å²) in [6.45, 7) is 8.69. The minimum atomic E-state index is -0.503. The molecule has 2 aromatic heterocycles. The van der Waals surface area contributed by atoms with Crippen molar-refractivity contribution in [3.8, 4) is 11.4 Å². The molecule has 1 amide bonds. The highest BCUT2D eigenvalue weighted by molar-refractivity contribution is 5.74. The molecule has 42 heavy (non-hydrogen) atoms. The molecule has 222 valence electrons. The third kappa shape index (κ3) is 9.18. The lowest BCUT2D eigenvalue weighted by atomic mass is 10.1. The normalized spacial score (nSPS) is 11.2. The highest BCUT2D eigenvalue weighted by Crippen LogP contribution is 2.22. The Morgan fingerprint density at radius 3 is 2.45 bits per heavy atom. The highest BCUT2D eigenvalue weighted by Gasteiger charge is 2.15. The fourth-order valence-corrected chi connectivity index (χ4v) is 4.08. The number of imidazole rings is 1. The quantitative estimate of drug-likeness (QED) is 0.152. The van der Waals surface area contributed by atoms with Crippen LogP contribution in [-0.2, 0) is 20.7 Å². The summed E-state index contributed by atoms with van der Waals surface area (Å²) in [5.41, 5.74) is 3.75. The number of amides is 1. The second-order valence-electron chi connectivity index (χ2n) is 10.6. The molecule has 0 saturated heterocycles. The van der Waals surface area contributed by atoms with E-state index in [2.05, 4.69) is 20.6 Å². The molecule has 2 heterocycles. The van der Waals surface area contributed by atoms with Crippen LogP contribution in [0.3, 0.4) is 0 Å². The van der Waals surface area contributed by atoms with Crippen molar-refractivity contribution in [2.24, 2.45) is 0 Å². The van der Waals surface area contributed by atoms with Gasteiger partial charge in [0.2, 0.25) is 5.95 Å². The van der Waals surface area contributed by atoms with Gasteiger partial charge < -0.3 is 24.8 Å². The summed E-state index contributed by atoms with van der Waals surface area (Å²) in [5, 5.41) is 6.04. The molecule has 0 radical (unpaired) electrons. The van der Waals surface area contributed by atoms with Crippen molar-refractivity contribution in [2.75, 3.05) is 25.1 Å². The summed E-state index contributed by atoms with van der Waals surface area (Å²) < 4.78 is 17.8. The van der Waals surface area contributed by atoms with Gasteiger partial charge in [-0.25, -0.2) is 14.8 Å². The largest absolute Gasteiger partial charge is 0.494 e. The zero-order valence-electron chi connectivity index (χ0n) is 24.6. The molecule has 4 aromatic rings. The van der Waals surface area contributed by atoms with E-state index in [0.717, 1.165) is 29.8 Å². The summed E-state index contributed by atoms with van der Waals surface area (Å²) in [6, 6.07) is 15.7. The number of aromatic nitrogens is 4. The average molecular weight is 575 g/mol. The molecule has 0 bridgehead atoms. The number of carbonyl (C=O) groups excluding carboxylic acids is 2. The summed E-state index contributed by atoms with van der Waals surface area (Å²) >= 11 is 0. The summed E-state index contributed by atoms with van der Waals surface area (Å²) in [6.07, 6.45) is 5.57. The smallest absolute Gasteiger partial charge is 0.407 e. The van der Waals surface area contributed by atoms with E-state index < -0.39 is 11.7 Å². The van der Waals surface area contributed by atoms with Crippen LogP contribution in [0.2, 0.25) is 0 Å². The van der Waals surface area contributed by atoms with Gasteiger partial charge >= 0.3 is 12.1 Å². The summed E-state index contributed by atoms with van der Waals surface area (Å²) in [5.74, 6) is 0.963. The van der Waals surface area contributed by atoms with Gasteiger partial charge in [0, 0.05) is 24.3 Å². The molecule has 0 saturated carbocycles. The minimum Gasteiger partial charge on any atom is -0.494 e. The molecule has 2 N–H and O–H groups in total. The van der Waals surface area contributed by atoms with E-state index in [1.807, 2.05) is 73.9 Å². The predicted octanol–water partition coefficient (Wildman–Crippen LogP) is 5.74. The standard InChI is InChI=1S/C31H38N6O5/c1-5-40-27(38)9-7-19-41-25-16-14-24(15-17-25)37-21-34-26-20-33-29(36-28(26)37)35-23-12-10-22(11-13-23)8-6-18-32-30(39)42-31(2,3)4/h10-17,20-21H,5-9,18-19H2,1-4H3,(H,32,39)(H,33,35,36). The van der Waals surface area contributed by atoms with Crippen LogP contribution in [0.5, 0.6) is 5.75 Å². The van der Waals surface area contributed by atoms with Crippen LogP contribution < -0.4 is 15.4 Å². The monoisotopic (exact) mass is 574 g/mol. The maximum Gasteiger partial charge on any atom is 0.407 e. The van der Waals surface area contributed by atoms with Gasteiger partial charge in [0.25, 0.3) is 0 Å². The van der Waals surface area contributed by atoms with Crippen LogP contribution in [0, 0.1) is 0 Å². The Bertz CT molecular complexity index is 1460. The fourth-order valence-electron chi connectivity index (χ4n) is 4.08. The number of benzene rings is 2. The Kier molecular flexibility index (Phi) is 10.3. The van der Waals surface area contributed by atoms with Gasteiger partial charge in [0.1, 0.15) is 23.2 Å². The number of ether oxygens (including phenoxy) is 3. The minimum absolute atomic E-state index is 0.210. The van der Waals surface area contributed by atoms with E-state index in [1.165, 1.54) is 0 Å². The molecule has 0 atom stereocenters. The van der Waals surface area contributed by atoms with Gasteiger partial charge in [-0.2, -0.15) is 4.98 Å². The predicted molar refractivity (Wildman–Crippen MR) is 160 cm³/mol. The molecule has 0 aliphatic rings. The number of carbonyl (C=O) groups is 2. The van der Waals surface area contributed by atoms with E-state index in [4.69, 9.17) is 19.2 Å². The van der Waals surface area contributed by atoms with Crippen molar-refractivity contribution in [1.82, 2.24) is 24.8 Å². The zero-order valence-corrected chi connectivity index (χ0v) is 24.6. The first-order valence-electron chi connectivity index (χ1n) is 14.1. The molecule has 0 spiro atoms. The molecule has 0 aliphatic carbocycles. The number of esters is 1. The van der Waals surface area contributed by atoms with Crippen molar-refractivity contribution < 1.29 is 23.8 Å². The van der Waals surface area contributed by atoms with Gasteiger partial charge in [-0.05, 0) is 88.9 Å². The van der Waals surface area contributed by atoms with Crippen LogP contribution >= 0.6 is 0 Å². The highest BCUT2D eigenvalue weighted by atomic mass is 16.6. The average Bonchev–Trinajstić information content (AvgIpc) is 3.37. The second-order valence-corrected chi connectivity index (χ2v) is 10.6. The van der Waals surface area contributed by atoms with Gasteiger partial charge in [0.05, 0.1) is 19.4 Å². The topological polar surface area (TPSA) is 129 Å². The molecule has 0 aliphatic heterocycles. The number of rotatable bonds is 13.